The lowest BCUT2D eigenvalue weighted by Gasteiger charge is -2.03. The first-order valence-electron chi connectivity index (χ1n) is 9.68. The van der Waals surface area contributed by atoms with Crippen molar-refractivity contribution in [2.75, 3.05) is 5.32 Å². The molecule has 4 aromatic heterocycles. The van der Waals surface area contributed by atoms with Crippen LogP contribution in [0.25, 0.3) is 27.3 Å². The van der Waals surface area contributed by atoms with Gasteiger partial charge in [-0.2, -0.15) is 5.26 Å². The first kappa shape index (κ1) is 18.9. The molecule has 0 amide bonds. The van der Waals surface area contributed by atoms with Gasteiger partial charge in [0.05, 0.1) is 33.9 Å². The maximum atomic E-state index is 9.12. The van der Waals surface area contributed by atoms with Crippen molar-refractivity contribution in [3.63, 3.8) is 0 Å². The first-order valence-corrected chi connectivity index (χ1v) is 10.5. The smallest absolute Gasteiger partial charge is 0.184 e. The van der Waals surface area contributed by atoms with E-state index in [1.807, 2.05) is 61.7 Å². The number of benzene rings is 1. The van der Waals surface area contributed by atoms with Crippen LogP contribution in [0.1, 0.15) is 16.8 Å². The van der Waals surface area contributed by atoms with Gasteiger partial charge in [-0.15, -0.1) is 5.10 Å². The zero-order chi connectivity index (χ0) is 21.2. The summed E-state index contributed by atoms with van der Waals surface area (Å²) in [5.74, 6) is 0. The van der Waals surface area contributed by atoms with Gasteiger partial charge in [-0.05, 0) is 48.9 Å². The summed E-state index contributed by atoms with van der Waals surface area (Å²) in [6.07, 6.45) is 3.68. The SMILES string of the molecule is Cc1cccc(-c2nc(NCc3cccc(C#N)c3)sc2-c2ccc3cnnn3c2)n1. The van der Waals surface area contributed by atoms with Gasteiger partial charge in [0, 0.05) is 24.0 Å². The van der Waals surface area contributed by atoms with Crippen LogP contribution in [0.4, 0.5) is 5.13 Å². The van der Waals surface area contributed by atoms with E-state index in [0.717, 1.165) is 43.7 Å². The van der Waals surface area contributed by atoms with Crippen molar-refractivity contribution < 1.29 is 0 Å². The number of anilines is 1. The Hall–Kier alpha value is -4.09. The van der Waals surface area contributed by atoms with E-state index in [-0.39, 0.29) is 0 Å². The molecule has 0 radical (unpaired) electrons. The van der Waals surface area contributed by atoms with Crippen LogP contribution in [0.2, 0.25) is 0 Å². The van der Waals surface area contributed by atoms with E-state index in [1.165, 1.54) is 0 Å². The van der Waals surface area contributed by atoms with Gasteiger partial charge in [-0.1, -0.05) is 34.7 Å². The van der Waals surface area contributed by atoms with Gasteiger partial charge < -0.3 is 5.32 Å². The Morgan fingerprint density at radius 3 is 2.87 bits per heavy atom. The lowest BCUT2D eigenvalue weighted by molar-refractivity contribution is 0.857. The van der Waals surface area contributed by atoms with Crippen LogP contribution in [-0.4, -0.2) is 24.8 Å². The molecule has 1 N–H and O–H groups in total. The minimum absolute atomic E-state index is 0.575. The molecule has 0 aliphatic rings. The van der Waals surface area contributed by atoms with Gasteiger partial charge in [0.2, 0.25) is 0 Å². The van der Waals surface area contributed by atoms with E-state index >= 15 is 0 Å². The molecule has 0 saturated heterocycles. The van der Waals surface area contributed by atoms with Gasteiger partial charge in [-0.25, -0.2) is 9.50 Å². The molecule has 31 heavy (non-hydrogen) atoms. The zero-order valence-corrected chi connectivity index (χ0v) is 17.5. The largest absolute Gasteiger partial charge is 0.357 e. The third-order valence-corrected chi connectivity index (χ3v) is 5.88. The average Bonchev–Trinajstić information content (AvgIpc) is 3.44. The summed E-state index contributed by atoms with van der Waals surface area (Å²) in [7, 11) is 0. The number of rotatable bonds is 5. The molecule has 0 unspecified atom stereocenters. The lowest BCUT2D eigenvalue weighted by Crippen LogP contribution is -1.99. The summed E-state index contributed by atoms with van der Waals surface area (Å²) in [6, 6.07) is 19.7. The second-order valence-electron chi connectivity index (χ2n) is 7.05. The second-order valence-corrected chi connectivity index (χ2v) is 8.05. The highest BCUT2D eigenvalue weighted by molar-refractivity contribution is 7.19. The Labute approximate surface area is 182 Å². The Morgan fingerprint density at radius 1 is 1.10 bits per heavy atom. The number of nitriles is 1. The fourth-order valence-corrected chi connectivity index (χ4v) is 4.28. The topological polar surface area (TPSA) is 91.8 Å². The minimum atomic E-state index is 0.575. The lowest BCUT2D eigenvalue weighted by atomic mass is 10.1. The predicted octanol–water partition coefficient (Wildman–Crippen LogP) is 4.71. The monoisotopic (exact) mass is 423 g/mol. The predicted molar refractivity (Wildman–Crippen MR) is 121 cm³/mol. The van der Waals surface area contributed by atoms with Gasteiger partial charge in [0.25, 0.3) is 0 Å². The maximum Gasteiger partial charge on any atom is 0.184 e. The van der Waals surface area contributed by atoms with Crippen molar-refractivity contribution in [1.29, 1.82) is 5.26 Å². The third-order valence-electron chi connectivity index (χ3n) is 4.82. The average molecular weight is 424 g/mol. The number of hydrogen-bond acceptors (Lipinski definition) is 7. The fraction of sp³-hybridized carbons (Fsp3) is 0.0870. The summed E-state index contributed by atoms with van der Waals surface area (Å²) in [6.45, 7) is 2.55. The molecule has 0 bridgehead atoms. The maximum absolute atomic E-state index is 9.12. The van der Waals surface area contributed by atoms with Crippen LogP contribution in [0.3, 0.4) is 0 Å². The van der Waals surface area contributed by atoms with Gasteiger partial charge in [0.15, 0.2) is 5.13 Å². The molecule has 0 saturated carbocycles. The van der Waals surface area contributed by atoms with Crippen LogP contribution in [0.5, 0.6) is 0 Å². The number of thiazole rings is 1. The highest BCUT2D eigenvalue weighted by Crippen LogP contribution is 2.38. The van der Waals surface area contributed by atoms with E-state index in [9.17, 15) is 0 Å². The zero-order valence-electron chi connectivity index (χ0n) is 16.6. The Morgan fingerprint density at radius 2 is 2.00 bits per heavy atom. The summed E-state index contributed by atoms with van der Waals surface area (Å²) in [4.78, 5) is 10.5. The van der Waals surface area contributed by atoms with Crippen LogP contribution >= 0.6 is 11.3 Å². The number of nitrogens with one attached hydrogen (secondary N) is 1. The van der Waals surface area contributed by atoms with Crippen molar-refractivity contribution in [2.45, 2.75) is 13.5 Å². The van der Waals surface area contributed by atoms with Crippen molar-refractivity contribution >= 4 is 22.0 Å². The number of aromatic nitrogens is 5. The molecule has 8 heteroatoms. The fourth-order valence-electron chi connectivity index (χ4n) is 3.32. The molecule has 0 fully saturated rings. The first-order chi connectivity index (χ1) is 15.2. The van der Waals surface area contributed by atoms with Gasteiger partial charge in [-0.3, -0.25) is 4.98 Å². The van der Waals surface area contributed by atoms with E-state index in [4.69, 9.17) is 10.2 Å². The molecule has 0 aliphatic carbocycles. The summed E-state index contributed by atoms with van der Waals surface area (Å²) >= 11 is 1.56. The molecule has 150 valence electrons. The van der Waals surface area contributed by atoms with Gasteiger partial charge >= 0.3 is 0 Å². The normalized spacial score (nSPS) is 10.8. The molecule has 0 spiro atoms. The van der Waals surface area contributed by atoms with Crippen molar-refractivity contribution in [2.24, 2.45) is 0 Å². The van der Waals surface area contributed by atoms with Crippen molar-refractivity contribution in [3.8, 4) is 27.9 Å². The van der Waals surface area contributed by atoms with E-state index in [0.29, 0.717) is 12.1 Å². The van der Waals surface area contributed by atoms with Crippen molar-refractivity contribution in [1.82, 2.24) is 24.8 Å². The van der Waals surface area contributed by atoms with E-state index in [1.54, 1.807) is 28.1 Å². The van der Waals surface area contributed by atoms with Gasteiger partial charge in [0.1, 0.15) is 5.69 Å². The highest BCUT2D eigenvalue weighted by atomic mass is 32.1. The number of pyridine rings is 2. The number of hydrogen-bond donors (Lipinski definition) is 1. The van der Waals surface area contributed by atoms with E-state index in [2.05, 4.69) is 26.7 Å². The molecule has 7 nitrogen and oxygen atoms in total. The van der Waals surface area contributed by atoms with Crippen molar-refractivity contribution in [3.05, 3.63) is 83.8 Å². The summed E-state index contributed by atoms with van der Waals surface area (Å²) in [5.41, 5.74) is 6.17. The summed E-state index contributed by atoms with van der Waals surface area (Å²) < 4.78 is 1.75. The standard InChI is InChI=1S/C23H17N7S/c1-15-4-2-7-20(27-15)21-22(18-8-9-19-13-26-29-30(19)14-18)31-23(28-21)25-12-17-6-3-5-16(10-17)11-24/h2-10,13-14H,12H2,1H3,(H,25,28). The Balaban J connectivity index is 1.54. The quantitative estimate of drug-likeness (QED) is 0.440. The molecule has 5 rings (SSSR count). The molecule has 4 heterocycles. The molecular weight excluding hydrogens is 406 g/mol. The number of fused-ring (bicyclic) bond motifs is 1. The molecule has 1 aromatic carbocycles. The Kier molecular flexibility index (Phi) is 4.86. The Bertz CT molecular complexity index is 1430. The summed E-state index contributed by atoms with van der Waals surface area (Å²) in [5, 5.41) is 21.4. The van der Waals surface area contributed by atoms with Crippen LogP contribution in [0, 0.1) is 18.3 Å². The second kappa shape index (κ2) is 7.97. The highest BCUT2D eigenvalue weighted by Gasteiger charge is 2.17. The van der Waals surface area contributed by atoms with Crippen LogP contribution < -0.4 is 5.32 Å². The molecule has 5 aromatic rings. The molecule has 0 aliphatic heterocycles. The number of aryl methyl sites for hydroxylation is 1. The molecular formula is C23H17N7S. The van der Waals surface area contributed by atoms with Crippen LogP contribution in [0.15, 0.2) is 67.0 Å². The molecule has 0 atom stereocenters. The van der Waals surface area contributed by atoms with E-state index < -0.39 is 0 Å². The minimum Gasteiger partial charge on any atom is -0.357 e. The van der Waals surface area contributed by atoms with Crippen LogP contribution in [-0.2, 0) is 6.54 Å². The third kappa shape index (κ3) is 3.86. The number of nitrogens with zero attached hydrogens (tertiary/aromatic N) is 6.